The third-order valence-electron chi connectivity index (χ3n) is 3.05. The first kappa shape index (κ1) is 14.2. The fourth-order valence-electron chi connectivity index (χ4n) is 2.09. The van der Waals surface area contributed by atoms with E-state index < -0.39 is 0 Å². The highest BCUT2D eigenvalue weighted by Crippen LogP contribution is 2.21. The fraction of sp³-hybridized carbons (Fsp3) is 0.571. The fourth-order valence-corrected chi connectivity index (χ4v) is 2.09. The molecule has 3 N–H and O–H groups in total. The van der Waals surface area contributed by atoms with Gasteiger partial charge in [0.15, 0.2) is 0 Å². The SMILES string of the molecule is CCc1cccc(C(CC(C)COC)NN)c1. The van der Waals surface area contributed by atoms with Crippen molar-refractivity contribution in [2.75, 3.05) is 13.7 Å². The Bertz CT molecular complexity index is 328. The van der Waals surface area contributed by atoms with Crippen molar-refractivity contribution in [3.63, 3.8) is 0 Å². The van der Waals surface area contributed by atoms with Crippen LogP contribution in [0.25, 0.3) is 0 Å². The van der Waals surface area contributed by atoms with Crippen molar-refractivity contribution >= 4 is 0 Å². The van der Waals surface area contributed by atoms with E-state index in [1.54, 1.807) is 7.11 Å². The molecule has 0 amide bonds. The second kappa shape index (κ2) is 7.43. The summed E-state index contributed by atoms with van der Waals surface area (Å²) >= 11 is 0. The number of benzene rings is 1. The summed E-state index contributed by atoms with van der Waals surface area (Å²) in [5, 5.41) is 0. The molecule has 1 aromatic rings. The molecule has 1 rings (SSSR count). The average Bonchev–Trinajstić information content (AvgIpc) is 2.36. The monoisotopic (exact) mass is 236 g/mol. The van der Waals surface area contributed by atoms with Crippen LogP contribution >= 0.6 is 0 Å². The topological polar surface area (TPSA) is 47.3 Å². The summed E-state index contributed by atoms with van der Waals surface area (Å²) in [6, 6.07) is 8.80. The van der Waals surface area contributed by atoms with Crippen LogP contribution in [-0.4, -0.2) is 13.7 Å². The minimum absolute atomic E-state index is 0.201. The van der Waals surface area contributed by atoms with E-state index in [1.165, 1.54) is 11.1 Å². The predicted octanol–water partition coefficient (Wildman–Crippen LogP) is 2.43. The van der Waals surface area contributed by atoms with Gasteiger partial charge in [0.25, 0.3) is 0 Å². The number of nitrogens with one attached hydrogen (secondary N) is 1. The molecular formula is C14H24N2O. The second-order valence-electron chi connectivity index (χ2n) is 4.61. The Balaban J connectivity index is 2.71. The zero-order valence-corrected chi connectivity index (χ0v) is 11.1. The lowest BCUT2D eigenvalue weighted by atomic mass is 9.95. The van der Waals surface area contributed by atoms with E-state index in [1.807, 2.05) is 0 Å². The zero-order valence-electron chi connectivity index (χ0n) is 11.1. The number of ether oxygens (including phenoxy) is 1. The summed E-state index contributed by atoms with van der Waals surface area (Å²) in [4.78, 5) is 0. The number of hydrazine groups is 1. The Morgan fingerprint density at radius 2 is 2.18 bits per heavy atom. The molecule has 0 aromatic heterocycles. The molecule has 1 aromatic carbocycles. The van der Waals surface area contributed by atoms with Crippen LogP contribution in [0.4, 0.5) is 0 Å². The van der Waals surface area contributed by atoms with Gasteiger partial charge in [0.1, 0.15) is 0 Å². The Hall–Kier alpha value is -0.900. The van der Waals surface area contributed by atoms with Gasteiger partial charge in [-0.05, 0) is 29.9 Å². The molecule has 0 bridgehead atoms. The largest absolute Gasteiger partial charge is 0.384 e. The Kier molecular flexibility index (Phi) is 6.19. The van der Waals surface area contributed by atoms with Crippen molar-refractivity contribution in [3.8, 4) is 0 Å². The van der Waals surface area contributed by atoms with Gasteiger partial charge in [-0.1, -0.05) is 38.1 Å². The minimum Gasteiger partial charge on any atom is -0.384 e. The van der Waals surface area contributed by atoms with E-state index >= 15 is 0 Å². The van der Waals surface area contributed by atoms with E-state index in [0.29, 0.717) is 5.92 Å². The molecule has 3 heteroatoms. The maximum atomic E-state index is 5.65. The van der Waals surface area contributed by atoms with E-state index in [4.69, 9.17) is 10.6 Å². The number of aryl methyl sites for hydroxylation is 1. The number of hydrogen-bond donors (Lipinski definition) is 2. The molecule has 0 saturated carbocycles. The lowest BCUT2D eigenvalue weighted by molar-refractivity contribution is 0.149. The van der Waals surface area contributed by atoms with Crippen molar-refractivity contribution in [1.29, 1.82) is 0 Å². The minimum atomic E-state index is 0.201. The third-order valence-corrected chi connectivity index (χ3v) is 3.05. The maximum absolute atomic E-state index is 5.65. The van der Waals surface area contributed by atoms with Crippen LogP contribution in [-0.2, 0) is 11.2 Å². The smallest absolute Gasteiger partial charge is 0.0488 e. The molecule has 0 spiro atoms. The molecule has 2 unspecified atom stereocenters. The summed E-state index contributed by atoms with van der Waals surface area (Å²) in [7, 11) is 1.74. The molecule has 0 saturated heterocycles. The van der Waals surface area contributed by atoms with Gasteiger partial charge in [-0.15, -0.1) is 0 Å². The normalized spacial score (nSPS) is 14.6. The van der Waals surface area contributed by atoms with Crippen molar-refractivity contribution in [2.45, 2.75) is 32.7 Å². The molecule has 17 heavy (non-hydrogen) atoms. The van der Waals surface area contributed by atoms with Gasteiger partial charge in [0, 0.05) is 19.8 Å². The molecule has 0 radical (unpaired) electrons. The molecular weight excluding hydrogens is 212 g/mol. The first-order valence-electron chi connectivity index (χ1n) is 6.25. The first-order chi connectivity index (χ1) is 8.21. The van der Waals surface area contributed by atoms with E-state index in [9.17, 15) is 0 Å². The molecule has 3 nitrogen and oxygen atoms in total. The standard InChI is InChI=1S/C14H24N2O/c1-4-12-6-5-7-13(9-12)14(16-15)8-11(2)10-17-3/h5-7,9,11,14,16H,4,8,10,15H2,1-3H3. The van der Waals surface area contributed by atoms with Crippen LogP contribution in [0.3, 0.4) is 0 Å². The van der Waals surface area contributed by atoms with Gasteiger partial charge >= 0.3 is 0 Å². The summed E-state index contributed by atoms with van der Waals surface area (Å²) in [5.74, 6) is 6.14. The summed E-state index contributed by atoms with van der Waals surface area (Å²) in [6.45, 7) is 5.11. The molecule has 0 fully saturated rings. The Morgan fingerprint density at radius 1 is 1.41 bits per heavy atom. The summed E-state index contributed by atoms with van der Waals surface area (Å²) < 4.78 is 5.16. The van der Waals surface area contributed by atoms with Crippen molar-refractivity contribution < 1.29 is 4.74 Å². The van der Waals surface area contributed by atoms with Crippen LogP contribution in [0.1, 0.15) is 37.4 Å². The van der Waals surface area contributed by atoms with Crippen molar-refractivity contribution in [1.82, 2.24) is 5.43 Å². The van der Waals surface area contributed by atoms with E-state index in [0.717, 1.165) is 19.4 Å². The first-order valence-corrected chi connectivity index (χ1v) is 6.25. The Morgan fingerprint density at radius 3 is 2.76 bits per heavy atom. The third kappa shape index (κ3) is 4.46. The van der Waals surface area contributed by atoms with Gasteiger partial charge in [-0.3, -0.25) is 11.3 Å². The number of hydrogen-bond acceptors (Lipinski definition) is 3. The lowest BCUT2D eigenvalue weighted by Gasteiger charge is -2.20. The number of nitrogens with two attached hydrogens (primary N) is 1. The van der Waals surface area contributed by atoms with Crippen LogP contribution in [0.15, 0.2) is 24.3 Å². The predicted molar refractivity (Wildman–Crippen MR) is 71.5 cm³/mol. The average molecular weight is 236 g/mol. The van der Waals surface area contributed by atoms with E-state index in [-0.39, 0.29) is 6.04 Å². The summed E-state index contributed by atoms with van der Waals surface area (Å²) in [6.07, 6.45) is 2.04. The van der Waals surface area contributed by atoms with Crippen molar-refractivity contribution in [2.24, 2.45) is 11.8 Å². The number of methoxy groups -OCH3 is 1. The molecule has 2 atom stereocenters. The lowest BCUT2D eigenvalue weighted by Crippen LogP contribution is -2.30. The van der Waals surface area contributed by atoms with Gasteiger partial charge in [-0.25, -0.2) is 0 Å². The molecule has 0 heterocycles. The van der Waals surface area contributed by atoms with Gasteiger partial charge in [0.2, 0.25) is 0 Å². The second-order valence-corrected chi connectivity index (χ2v) is 4.61. The molecule has 0 aliphatic rings. The highest BCUT2D eigenvalue weighted by molar-refractivity contribution is 5.26. The highest BCUT2D eigenvalue weighted by atomic mass is 16.5. The van der Waals surface area contributed by atoms with Crippen molar-refractivity contribution in [3.05, 3.63) is 35.4 Å². The van der Waals surface area contributed by atoms with Crippen LogP contribution in [0.2, 0.25) is 0 Å². The van der Waals surface area contributed by atoms with Gasteiger partial charge < -0.3 is 4.74 Å². The Labute approximate surface area is 104 Å². The maximum Gasteiger partial charge on any atom is 0.0488 e. The molecule has 0 aliphatic carbocycles. The van der Waals surface area contributed by atoms with Gasteiger partial charge in [0.05, 0.1) is 0 Å². The van der Waals surface area contributed by atoms with Crippen LogP contribution in [0, 0.1) is 5.92 Å². The molecule has 0 aliphatic heterocycles. The molecule has 96 valence electrons. The zero-order chi connectivity index (χ0) is 12.7. The van der Waals surface area contributed by atoms with E-state index in [2.05, 4.69) is 43.5 Å². The van der Waals surface area contributed by atoms with Gasteiger partial charge in [-0.2, -0.15) is 0 Å². The van der Waals surface area contributed by atoms with Crippen LogP contribution in [0.5, 0.6) is 0 Å². The number of rotatable bonds is 7. The quantitative estimate of drug-likeness (QED) is 0.564. The van der Waals surface area contributed by atoms with Crippen LogP contribution < -0.4 is 11.3 Å². The highest BCUT2D eigenvalue weighted by Gasteiger charge is 2.14. The summed E-state index contributed by atoms with van der Waals surface area (Å²) in [5.41, 5.74) is 5.51.